The van der Waals surface area contributed by atoms with Crippen molar-refractivity contribution in [1.82, 2.24) is 47.9 Å². The first-order chi connectivity index (χ1) is 40.1. The van der Waals surface area contributed by atoms with Crippen molar-refractivity contribution in [2.45, 2.75) is 192 Å². The maximum Gasteiger partial charge on any atom is 0.326 e. The van der Waals surface area contributed by atoms with Crippen molar-refractivity contribution >= 4 is 77.0 Å². The van der Waals surface area contributed by atoms with Crippen LogP contribution < -0.4 is 82.3 Å². The fraction of sp³-hybridized carbons (Fsp3) is 0.648. The van der Waals surface area contributed by atoms with E-state index in [0.29, 0.717) is 12.0 Å². The highest BCUT2D eigenvalue weighted by atomic mass is 16.4. The van der Waals surface area contributed by atoms with E-state index in [1.165, 1.54) is 27.7 Å². The predicted octanol–water partition coefficient (Wildman–Crippen LogP) is -6.12. The third-order valence-corrected chi connectivity index (χ3v) is 12.9. The van der Waals surface area contributed by atoms with E-state index in [9.17, 15) is 73.2 Å². The number of primary amides is 1. The number of carbonyl (C=O) groups excluding carboxylic acids is 10. The number of hydrogen-bond donors (Lipinski definition) is 19. The zero-order valence-corrected chi connectivity index (χ0v) is 50.3. The number of aliphatic hydroxyl groups is 3. The molecule has 0 unspecified atom stereocenters. The molecule has 1 aromatic rings. The second-order valence-corrected chi connectivity index (χ2v) is 22.2. The van der Waals surface area contributed by atoms with Gasteiger partial charge in [-0.2, -0.15) is 0 Å². The van der Waals surface area contributed by atoms with Crippen LogP contribution in [0.2, 0.25) is 0 Å². The first kappa shape index (κ1) is 75.8. The number of nitrogens with two attached hydrogens (primary N) is 6. The lowest BCUT2D eigenvalue weighted by Crippen LogP contribution is -2.63. The first-order valence-electron chi connectivity index (χ1n) is 28.2. The van der Waals surface area contributed by atoms with Crippen LogP contribution in [-0.2, 0) is 59.2 Å². The zero-order valence-electron chi connectivity index (χ0n) is 50.3. The molecule has 0 aromatic heterocycles. The first-order valence-corrected chi connectivity index (χ1v) is 28.2. The van der Waals surface area contributed by atoms with Gasteiger partial charge in [-0.3, -0.25) is 57.9 Å². The molecule has 1 rings (SSSR count). The van der Waals surface area contributed by atoms with E-state index >= 15 is 0 Å². The van der Waals surface area contributed by atoms with E-state index in [0.717, 1.165) is 6.92 Å². The van der Waals surface area contributed by atoms with Gasteiger partial charge in [0.05, 0.1) is 30.8 Å². The number of guanidine groups is 2. The van der Waals surface area contributed by atoms with Crippen molar-refractivity contribution in [1.29, 1.82) is 0 Å². The molecule has 0 spiro atoms. The molecule has 0 saturated carbocycles. The Balaban J connectivity index is 3.52. The Kier molecular flexibility index (Phi) is 33.4. The number of nitrogens with zero attached hydrogens (tertiary/aromatic N) is 2. The average Bonchev–Trinajstić information content (AvgIpc) is 2.04. The molecule has 0 heterocycles. The largest absolute Gasteiger partial charge is 0.480 e. The van der Waals surface area contributed by atoms with Gasteiger partial charge < -0.3 is 103 Å². The highest BCUT2D eigenvalue weighted by Gasteiger charge is 2.39. The number of aliphatic carboxylic acids is 1. The second kappa shape index (κ2) is 37.9. The Hall–Kier alpha value is -8.23. The molecule has 484 valence electrons. The summed E-state index contributed by atoms with van der Waals surface area (Å²) < 4.78 is 0. The summed E-state index contributed by atoms with van der Waals surface area (Å²) in [5.41, 5.74) is 33.3. The summed E-state index contributed by atoms with van der Waals surface area (Å²) in [7, 11) is 0. The fourth-order valence-corrected chi connectivity index (χ4v) is 8.38. The molecule has 25 N–H and O–H groups in total. The highest BCUT2D eigenvalue weighted by Crippen LogP contribution is 2.13. The van der Waals surface area contributed by atoms with E-state index in [2.05, 4.69) is 57.8 Å². The van der Waals surface area contributed by atoms with E-state index in [-0.39, 0.29) is 75.4 Å². The molecule has 0 aliphatic rings. The van der Waals surface area contributed by atoms with Gasteiger partial charge in [-0.05, 0) is 82.6 Å². The van der Waals surface area contributed by atoms with Crippen molar-refractivity contribution in [2.75, 3.05) is 13.1 Å². The van der Waals surface area contributed by atoms with Crippen LogP contribution in [0.5, 0.6) is 0 Å². The molecule has 32 nitrogen and oxygen atoms in total. The van der Waals surface area contributed by atoms with Gasteiger partial charge in [0.15, 0.2) is 11.9 Å². The summed E-state index contributed by atoms with van der Waals surface area (Å²) in [5.74, 6) is -13.3. The van der Waals surface area contributed by atoms with Gasteiger partial charge in [0.25, 0.3) is 0 Å². The molecular weight excluding hydrogens is 1130 g/mol. The van der Waals surface area contributed by atoms with E-state index in [1.54, 1.807) is 58.0 Å². The number of rotatable bonds is 39. The molecule has 0 aliphatic carbocycles. The van der Waals surface area contributed by atoms with Gasteiger partial charge in [0.2, 0.25) is 59.1 Å². The Morgan fingerprint density at radius 1 is 0.442 bits per heavy atom. The Labute approximate surface area is 500 Å². The SMILES string of the molecule is CC(C)C[C@H](NC(=O)[C@@H](NC(=O)[C@H](CC(C)C)NC(=O)[C@@H](NC(=O)[C@@H](N)CCCN=C(N)N)[C@@H](C)O)[C@@H](C)O)C(=O)N[C@@H](Cc1ccccc1)C(=O)N[C@@H](CC(N)=O)C(=O)N[C@H](C(=O)N[C@H](C(=O)N[C@@H](CCCN=C(N)N)C(=O)O)[C@@H](C)O)C(C)C. The summed E-state index contributed by atoms with van der Waals surface area (Å²) in [6, 6.07) is -7.31. The number of amides is 10. The normalized spacial score (nSPS) is 15.8. The highest BCUT2D eigenvalue weighted by molar-refractivity contribution is 6.00. The molecule has 10 amide bonds. The number of carboxylic acid groups (broad SMARTS) is 1. The van der Waals surface area contributed by atoms with Crippen LogP contribution >= 0.6 is 0 Å². The van der Waals surface area contributed by atoms with Crippen LogP contribution in [0.15, 0.2) is 40.3 Å². The summed E-state index contributed by atoms with van der Waals surface area (Å²) >= 11 is 0. The van der Waals surface area contributed by atoms with Crippen molar-refractivity contribution in [2.24, 2.45) is 62.1 Å². The monoisotopic (exact) mass is 1220 g/mol. The topological polar surface area (TPSA) is 558 Å². The summed E-state index contributed by atoms with van der Waals surface area (Å²) in [4.78, 5) is 157. The molecular formula is C54H93N17O15. The lowest BCUT2D eigenvalue weighted by molar-refractivity contribution is -0.143. The second-order valence-electron chi connectivity index (χ2n) is 22.2. The standard InChI is InChI=1S/C54H93N17O15/c1-25(2)21-34(66-51(84)41(29(8)73)70-46(79)35(22-26(3)4)67-50(83)40(28(7)72)69-43(76)32(55)17-13-19-61-53(57)58)44(77)64-36(23-31-15-11-10-12-16-31)45(78)65-37(24-38(56)75)47(80)68-39(27(5)6)48(81)71-42(30(9)74)49(82)63-33(52(85)86)18-14-20-62-54(59)60/h10-12,15-16,25-30,32-37,39-42,72-74H,13-14,17-24,55H2,1-9H3,(H2,56,75)(H,63,82)(H,64,77)(H,65,78)(H,66,84)(H,67,83)(H,68,80)(H,69,76)(H,70,79)(H,71,81)(H,85,86)(H4,57,58,61)(H4,59,60,62)/t28-,29-,30-,32+,33+,34+,35+,36+,37+,39+,40+,41+,42+/m1/s1. The van der Waals surface area contributed by atoms with Crippen LogP contribution in [0.1, 0.15) is 113 Å². The molecule has 32 heteroatoms. The van der Waals surface area contributed by atoms with E-state index in [1.807, 2.05) is 0 Å². The smallest absolute Gasteiger partial charge is 0.326 e. The number of carbonyl (C=O) groups is 11. The molecule has 0 bridgehead atoms. The van der Waals surface area contributed by atoms with Crippen molar-refractivity contribution in [3.63, 3.8) is 0 Å². The maximum atomic E-state index is 14.4. The predicted molar refractivity (Wildman–Crippen MR) is 316 cm³/mol. The number of benzene rings is 1. The van der Waals surface area contributed by atoms with Crippen LogP contribution in [0.25, 0.3) is 0 Å². The Morgan fingerprint density at radius 3 is 1.20 bits per heavy atom. The average molecular weight is 1220 g/mol. The molecule has 86 heavy (non-hydrogen) atoms. The number of aliphatic imine (C=N–C) groups is 2. The minimum absolute atomic E-state index is 0.0383. The minimum atomic E-state index is -1.81. The Bertz CT molecular complexity index is 2490. The van der Waals surface area contributed by atoms with Crippen molar-refractivity contribution in [3.8, 4) is 0 Å². The Morgan fingerprint density at radius 2 is 0.791 bits per heavy atom. The number of hydrogen-bond acceptors (Lipinski definition) is 17. The molecule has 0 saturated heterocycles. The van der Waals surface area contributed by atoms with Gasteiger partial charge in [0, 0.05) is 19.5 Å². The van der Waals surface area contributed by atoms with E-state index in [4.69, 9.17) is 34.4 Å². The third-order valence-electron chi connectivity index (χ3n) is 12.9. The number of nitrogens with one attached hydrogen (secondary N) is 9. The van der Waals surface area contributed by atoms with Gasteiger partial charge in [-0.15, -0.1) is 0 Å². The molecule has 0 radical (unpaired) electrons. The van der Waals surface area contributed by atoms with Crippen LogP contribution in [0.4, 0.5) is 0 Å². The lowest BCUT2D eigenvalue weighted by atomic mass is 9.99. The molecule has 0 aliphatic heterocycles. The number of aliphatic hydroxyl groups excluding tert-OH is 3. The zero-order chi connectivity index (χ0) is 65.7. The van der Waals surface area contributed by atoms with E-state index < -0.39 is 156 Å². The number of carboxylic acids is 1. The van der Waals surface area contributed by atoms with Crippen LogP contribution in [-0.4, -0.2) is 189 Å². The fourth-order valence-electron chi connectivity index (χ4n) is 8.38. The van der Waals surface area contributed by atoms with Gasteiger partial charge >= 0.3 is 5.97 Å². The summed E-state index contributed by atoms with van der Waals surface area (Å²) in [5, 5.41) is 63.6. The van der Waals surface area contributed by atoms with Crippen LogP contribution in [0.3, 0.4) is 0 Å². The maximum absolute atomic E-state index is 14.4. The molecule has 0 fully saturated rings. The van der Waals surface area contributed by atoms with Crippen molar-refractivity contribution in [3.05, 3.63) is 35.9 Å². The summed E-state index contributed by atoms with van der Waals surface area (Å²) in [6.07, 6.45) is -5.51. The third kappa shape index (κ3) is 28.6. The van der Waals surface area contributed by atoms with Gasteiger partial charge in [0.1, 0.15) is 54.4 Å². The van der Waals surface area contributed by atoms with Gasteiger partial charge in [-0.1, -0.05) is 71.9 Å². The van der Waals surface area contributed by atoms with Crippen molar-refractivity contribution < 1.29 is 73.2 Å². The quantitative estimate of drug-likeness (QED) is 0.0166. The summed E-state index contributed by atoms with van der Waals surface area (Å²) in [6.45, 7) is 13.7. The minimum Gasteiger partial charge on any atom is -0.480 e. The molecule has 1 aromatic carbocycles. The molecule has 13 atom stereocenters. The van der Waals surface area contributed by atoms with Crippen LogP contribution in [0, 0.1) is 17.8 Å². The lowest BCUT2D eigenvalue weighted by Gasteiger charge is -2.30. The van der Waals surface area contributed by atoms with Gasteiger partial charge in [-0.25, -0.2) is 4.79 Å².